The quantitative estimate of drug-likeness (QED) is 0.403. The van der Waals surface area contributed by atoms with Gasteiger partial charge in [-0.3, -0.25) is 4.98 Å². The highest BCUT2D eigenvalue weighted by molar-refractivity contribution is 6.34. The molecule has 0 aliphatic rings. The monoisotopic (exact) mass is 416 g/mol. The van der Waals surface area contributed by atoms with Crippen LogP contribution in [0.15, 0.2) is 67.1 Å². The summed E-state index contributed by atoms with van der Waals surface area (Å²) in [5.74, 6) is 0.920. The SMILES string of the molecule is Clc1ccc(Cl)c(Oc2ccncc2-n2nncc2-c2ccccc2Cl)c1. The summed E-state index contributed by atoms with van der Waals surface area (Å²) in [6, 6.07) is 14.2. The number of hydrogen-bond donors (Lipinski definition) is 0. The number of benzene rings is 2. The summed E-state index contributed by atoms with van der Waals surface area (Å²) in [4.78, 5) is 4.18. The van der Waals surface area contributed by atoms with Crippen LogP contribution < -0.4 is 4.74 Å². The van der Waals surface area contributed by atoms with E-state index in [0.717, 1.165) is 5.56 Å². The minimum atomic E-state index is 0.427. The van der Waals surface area contributed by atoms with Crippen molar-refractivity contribution in [2.24, 2.45) is 0 Å². The molecule has 0 saturated heterocycles. The zero-order chi connectivity index (χ0) is 18.8. The molecule has 0 radical (unpaired) electrons. The van der Waals surface area contributed by atoms with Crippen molar-refractivity contribution in [1.29, 1.82) is 0 Å². The number of ether oxygens (including phenoxy) is 1. The Morgan fingerprint density at radius 2 is 1.70 bits per heavy atom. The standard InChI is InChI=1S/C19H11Cl3N4O/c20-12-5-6-15(22)19(9-12)27-18-7-8-23-10-17(18)26-16(11-24-25-26)13-3-1-2-4-14(13)21/h1-11H. The van der Waals surface area contributed by atoms with E-state index in [1.807, 2.05) is 18.2 Å². The molecule has 0 aliphatic carbocycles. The zero-order valence-electron chi connectivity index (χ0n) is 13.7. The number of rotatable bonds is 4. The van der Waals surface area contributed by atoms with Crippen LogP contribution in [-0.4, -0.2) is 20.0 Å². The number of pyridine rings is 1. The van der Waals surface area contributed by atoms with Gasteiger partial charge in [0.1, 0.15) is 11.4 Å². The maximum Gasteiger partial charge on any atom is 0.156 e. The predicted octanol–water partition coefficient (Wildman–Crippen LogP) is 6.08. The molecular weight excluding hydrogens is 407 g/mol. The molecule has 0 spiro atoms. The fourth-order valence-electron chi connectivity index (χ4n) is 2.56. The van der Waals surface area contributed by atoms with Crippen LogP contribution in [0, 0.1) is 0 Å². The fourth-order valence-corrected chi connectivity index (χ4v) is 3.11. The number of hydrogen-bond acceptors (Lipinski definition) is 4. The molecule has 0 N–H and O–H groups in total. The number of halogens is 3. The highest BCUT2D eigenvalue weighted by atomic mass is 35.5. The van der Waals surface area contributed by atoms with Gasteiger partial charge in [0.25, 0.3) is 0 Å². The van der Waals surface area contributed by atoms with Crippen molar-refractivity contribution in [1.82, 2.24) is 20.0 Å². The number of nitrogens with zero attached hydrogens (tertiary/aromatic N) is 4. The van der Waals surface area contributed by atoms with Gasteiger partial charge in [-0.1, -0.05) is 58.2 Å². The third-order valence-electron chi connectivity index (χ3n) is 3.80. The van der Waals surface area contributed by atoms with Gasteiger partial charge < -0.3 is 4.74 Å². The van der Waals surface area contributed by atoms with Gasteiger partial charge in [-0.25, -0.2) is 4.68 Å². The molecule has 2 aromatic carbocycles. The minimum absolute atomic E-state index is 0.427. The highest BCUT2D eigenvalue weighted by Gasteiger charge is 2.16. The second-order valence-corrected chi connectivity index (χ2v) is 6.78. The Bertz CT molecular complexity index is 1110. The zero-order valence-corrected chi connectivity index (χ0v) is 15.9. The van der Waals surface area contributed by atoms with Crippen molar-refractivity contribution in [2.45, 2.75) is 0 Å². The molecule has 0 amide bonds. The van der Waals surface area contributed by atoms with E-state index in [9.17, 15) is 0 Å². The Labute approximate surface area is 170 Å². The largest absolute Gasteiger partial charge is 0.453 e. The highest BCUT2D eigenvalue weighted by Crippen LogP contribution is 2.36. The lowest BCUT2D eigenvalue weighted by Gasteiger charge is -2.13. The van der Waals surface area contributed by atoms with E-state index in [1.165, 1.54) is 0 Å². The van der Waals surface area contributed by atoms with Crippen LogP contribution in [0.4, 0.5) is 0 Å². The molecule has 5 nitrogen and oxygen atoms in total. The van der Waals surface area contributed by atoms with Gasteiger partial charge in [-0.15, -0.1) is 5.10 Å². The van der Waals surface area contributed by atoms with Gasteiger partial charge in [-0.05, 0) is 18.2 Å². The summed E-state index contributed by atoms with van der Waals surface area (Å²) in [6.07, 6.45) is 4.87. The first kappa shape index (κ1) is 17.8. The van der Waals surface area contributed by atoms with Crippen LogP contribution in [-0.2, 0) is 0 Å². The van der Waals surface area contributed by atoms with Crippen LogP contribution in [0.1, 0.15) is 0 Å². The summed E-state index contributed by atoms with van der Waals surface area (Å²) in [5.41, 5.74) is 2.08. The fraction of sp³-hybridized carbons (Fsp3) is 0. The summed E-state index contributed by atoms with van der Waals surface area (Å²) in [6.45, 7) is 0. The third kappa shape index (κ3) is 3.62. The molecule has 0 bridgehead atoms. The minimum Gasteiger partial charge on any atom is -0.453 e. The van der Waals surface area contributed by atoms with E-state index in [0.29, 0.717) is 37.9 Å². The lowest BCUT2D eigenvalue weighted by atomic mass is 10.1. The van der Waals surface area contributed by atoms with Crippen molar-refractivity contribution in [3.05, 3.63) is 82.2 Å². The molecule has 4 rings (SSSR count). The molecule has 0 atom stereocenters. The van der Waals surface area contributed by atoms with Crippen LogP contribution in [0.5, 0.6) is 11.5 Å². The van der Waals surface area contributed by atoms with Crippen molar-refractivity contribution in [3.8, 4) is 28.4 Å². The lowest BCUT2D eigenvalue weighted by molar-refractivity contribution is 0.477. The van der Waals surface area contributed by atoms with E-state index in [4.69, 9.17) is 39.5 Å². The van der Waals surface area contributed by atoms with E-state index in [-0.39, 0.29) is 0 Å². The predicted molar refractivity (Wildman–Crippen MR) is 106 cm³/mol. The summed E-state index contributed by atoms with van der Waals surface area (Å²) in [7, 11) is 0. The van der Waals surface area contributed by atoms with E-state index < -0.39 is 0 Å². The van der Waals surface area contributed by atoms with Crippen LogP contribution in [0.2, 0.25) is 15.1 Å². The topological polar surface area (TPSA) is 52.8 Å². The first-order valence-corrected chi connectivity index (χ1v) is 9.00. The molecule has 134 valence electrons. The normalized spacial score (nSPS) is 10.8. The summed E-state index contributed by atoms with van der Waals surface area (Å²) in [5, 5.41) is 9.74. The molecule has 0 saturated carbocycles. The Morgan fingerprint density at radius 1 is 0.852 bits per heavy atom. The van der Waals surface area contributed by atoms with Gasteiger partial charge in [0.15, 0.2) is 5.75 Å². The van der Waals surface area contributed by atoms with Gasteiger partial charge in [0.05, 0.1) is 28.1 Å². The Kier molecular flexibility index (Phi) is 4.99. The molecule has 4 aromatic rings. The first-order chi connectivity index (χ1) is 13.1. The first-order valence-electron chi connectivity index (χ1n) is 7.86. The second kappa shape index (κ2) is 7.56. The molecule has 0 fully saturated rings. The molecule has 27 heavy (non-hydrogen) atoms. The van der Waals surface area contributed by atoms with Crippen molar-refractivity contribution in [3.63, 3.8) is 0 Å². The van der Waals surface area contributed by atoms with Gasteiger partial charge in [0.2, 0.25) is 0 Å². The van der Waals surface area contributed by atoms with Crippen LogP contribution in [0.25, 0.3) is 16.9 Å². The van der Waals surface area contributed by atoms with E-state index in [2.05, 4.69) is 15.3 Å². The average molecular weight is 418 g/mol. The van der Waals surface area contributed by atoms with E-state index >= 15 is 0 Å². The van der Waals surface area contributed by atoms with Crippen molar-refractivity contribution in [2.75, 3.05) is 0 Å². The Morgan fingerprint density at radius 3 is 2.56 bits per heavy atom. The summed E-state index contributed by atoms with van der Waals surface area (Å²) >= 11 is 18.6. The maximum absolute atomic E-state index is 6.33. The Hall–Kier alpha value is -2.60. The molecule has 0 aliphatic heterocycles. The lowest BCUT2D eigenvalue weighted by Crippen LogP contribution is -2.03. The molecule has 2 heterocycles. The maximum atomic E-state index is 6.33. The van der Waals surface area contributed by atoms with Gasteiger partial charge >= 0.3 is 0 Å². The molecule has 8 heteroatoms. The van der Waals surface area contributed by atoms with E-state index in [1.54, 1.807) is 53.6 Å². The Balaban J connectivity index is 1.80. The molecule has 0 unspecified atom stereocenters. The number of aromatic nitrogens is 4. The summed E-state index contributed by atoms with van der Waals surface area (Å²) < 4.78 is 7.60. The smallest absolute Gasteiger partial charge is 0.156 e. The van der Waals surface area contributed by atoms with Crippen LogP contribution in [0.3, 0.4) is 0 Å². The van der Waals surface area contributed by atoms with Gasteiger partial charge in [-0.2, -0.15) is 0 Å². The molecular formula is C19H11Cl3N4O. The van der Waals surface area contributed by atoms with Crippen molar-refractivity contribution >= 4 is 34.8 Å². The van der Waals surface area contributed by atoms with Crippen molar-refractivity contribution < 1.29 is 4.74 Å². The van der Waals surface area contributed by atoms with Gasteiger partial charge in [0, 0.05) is 28.9 Å². The average Bonchev–Trinajstić information content (AvgIpc) is 3.15. The van der Waals surface area contributed by atoms with Crippen LogP contribution >= 0.6 is 34.8 Å². The second-order valence-electron chi connectivity index (χ2n) is 5.53. The third-order valence-corrected chi connectivity index (χ3v) is 4.68. The molecule has 2 aromatic heterocycles.